The van der Waals surface area contributed by atoms with E-state index in [9.17, 15) is 13.2 Å². The van der Waals surface area contributed by atoms with Crippen molar-refractivity contribution in [3.8, 4) is 0 Å². The van der Waals surface area contributed by atoms with Gasteiger partial charge in [0.15, 0.2) is 0 Å². The lowest BCUT2D eigenvalue weighted by Crippen LogP contribution is -2.13. The van der Waals surface area contributed by atoms with Crippen LogP contribution in [0.1, 0.15) is 11.3 Å². The van der Waals surface area contributed by atoms with Crippen LogP contribution in [0.4, 0.5) is 13.2 Å². The van der Waals surface area contributed by atoms with Gasteiger partial charge in [0.2, 0.25) is 0 Å². The van der Waals surface area contributed by atoms with Gasteiger partial charge in [-0.1, -0.05) is 18.2 Å². The van der Waals surface area contributed by atoms with Crippen LogP contribution in [0.5, 0.6) is 0 Å². The standard InChI is InChI=1S/C14H10F3NS/c15-14(16,17)13-7-11-3-1-2-4-12(11)18(13)8-10-5-6-19-9-10/h1-7,9H,8H2. The molecule has 3 aromatic rings. The summed E-state index contributed by atoms with van der Waals surface area (Å²) in [6, 6.07) is 9.98. The molecule has 0 saturated carbocycles. The molecule has 5 heteroatoms. The summed E-state index contributed by atoms with van der Waals surface area (Å²) in [6.45, 7) is 0.242. The number of rotatable bonds is 2. The number of halogens is 3. The third-order valence-corrected chi connectivity index (χ3v) is 3.75. The van der Waals surface area contributed by atoms with E-state index < -0.39 is 11.9 Å². The van der Waals surface area contributed by atoms with Crippen molar-refractivity contribution in [3.05, 3.63) is 58.4 Å². The van der Waals surface area contributed by atoms with Crippen molar-refractivity contribution >= 4 is 22.2 Å². The molecule has 0 atom stereocenters. The van der Waals surface area contributed by atoms with Gasteiger partial charge in [-0.05, 0) is 34.5 Å². The van der Waals surface area contributed by atoms with E-state index in [1.807, 2.05) is 16.8 Å². The zero-order valence-electron chi connectivity index (χ0n) is 9.82. The van der Waals surface area contributed by atoms with Gasteiger partial charge in [0.25, 0.3) is 0 Å². The van der Waals surface area contributed by atoms with Crippen LogP contribution in [0.2, 0.25) is 0 Å². The number of hydrogen-bond acceptors (Lipinski definition) is 1. The van der Waals surface area contributed by atoms with Gasteiger partial charge in [0.05, 0.1) is 0 Å². The molecular formula is C14H10F3NS. The summed E-state index contributed by atoms with van der Waals surface area (Å²) in [4.78, 5) is 0. The van der Waals surface area contributed by atoms with E-state index in [1.165, 1.54) is 22.0 Å². The second-order valence-corrected chi connectivity index (χ2v) is 5.08. The Morgan fingerprint density at radius 2 is 1.89 bits per heavy atom. The predicted molar refractivity (Wildman–Crippen MR) is 70.4 cm³/mol. The van der Waals surface area contributed by atoms with Gasteiger partial charge in [0, 0.05) is 17.4 Å². The highest BCUT2D eigenvalue weighted by atomic mass is 32.1. The highest BCUT2D eigenvalue weighted by Crippen LogP contribution is 2.34. The third-order valence-electron chi connectivity index (χ3n) is 3.02. The second kappa shape index (κ2) is 4.42. The van der Waals surface area contributed by atoms with Gasteiger partial charge in [-0.3, -0.25) is 0 Å². The van der Waals surface area contributed by atoms with Crippen molar-refractivity contribution < 1.29 is 13.2 Å². The molecule has 0 amide bonds. The molecule has 3 rings (SSSR count). The fourth-order valence-electron chi connectivity index (χ4n) is 2.18. The van der Waals surface area contributed by atoms with Crippen molar-refractivity contribution in [2.75, 3.05) is 0 Å². The lowest BCUT2D eigenvalue weighted by molar-refractivity contribution is -0.143. The Balaban J connectivity index is 2.19. The maximum atomic E-state index is 13.1. The van der Waals surface area contributed by atoms with Crippen molar-refractivity contribution in [1.29, 1.82) is 0 Å². The van der Waals surface area contributed by atoms with Crippen LogP contribution in [0.15, 0.2) is 47.2 Å². The van der Waals surface area contributed by atoms with Gasteiger partial charge >= 0.3 is 6.18 Å². The molecule has 2 heterocycles. The summed E-state index contributed by atoms with van der Waals surface area (Å²) in [5.41, 5.74) is 0.901. The number of alkyl halides is 3. The molecule has 0 radical (unpaired) electrons. The number of fused-ring (bicyclic) bond motifs is 1. The molecular weight excluding hydrogens is 271 g/mol. The average molecular weight is 281 g/mol. The van der Waals surface area contributed by atoms with Crippen LogP contribution in [-0.2, 0) is 12.7 Å². The summed E-state index contributed by atoms with van der Waals surface area (Å²) >= 11 is 1.49. The first-order valence-electron chi connectivity index (χ1n) is 5.72. The molecule has 0 bridgehead atoms. The quantitative estimate of drug-likeness (QED) is 0.637. The van der Waals surface area contributed by atoms with Crippen LogP contribution in [0.3, 0.4) is 0 Å². The first kappa shape index (κ1) is 12.3. The molecule has 0 fully saturated rings. The van der Waals surface area contributed by atoms with E-state index in [-0.39, 0.29) is 6.54 Å². The molecule has 2 aromatic heterocycles. The van der Waals surface area contributed by atoms with E-state index in [0.717, 1.165) is 5.56 Å². The van der Waals surface area contributed by atoms with Gasteiger partial charge in [0.1, 0.15) is 5.69 Å². The Bertz CT molecular complexity index is 695. The Kier molecular flexibility index (Phi) is 2.86. The van der Waals surface area contributed by atoms with Crippen molar-refractivity contribution in [3.63, 3.8) is 0 Å². The van der Waals surface area contributed by atoms with Crippen LogP contribution >= 0.6 is 11.3 Å². The Labute approximate surface area is 111 Å². The Morgan fingerprint density at radius 3 is 2.58 bits per heavy atom. The summed E-state index contributed by atoms with van der Waals surface area (Å²) in [6.07, 6.45) is -4.34. The third kappa shape index (κ3) is 2.26. The average Bonchev–Trinajstić information content (AvgIpc) is 2.97. The van der Waals surface area contributed by atoms with Gasteiger partial charge in [-0.2, -0.15) is 24.5 Å². The monoisotopic (exact) mass is 281 g/mol. The summed E-state index contributed by atoms with van der Waals surface area (Å²) in [5.74, 6) is 0. The van der Waals surface area contributed by atoms with Crippen LogP contribution in [0.25, 0.3) is 10.9 Å². The maximum Gasteiger partial charge on any atom is 0.431 e. The number of nitrogens with zero attached hydrogens (tertiary/aromatic N) is 1. The lowest BCUT2D eigenvalue weighted by Gasteiger charge is -2.12. The molecule has 0 spiro atoms. The molecule has 98 valence electrons. The van der Waals surface area contributed by atoms with Gasteiger partial charge in [-0.25, -0.2) is 0 Å². The van der Waals surface area contributed by atoms with Gasteiger partial charge in [-0.15, -0.1) is 0 Å². The SMILES string of the molecule is FC(F)(F)c1cc2ccccc2n1Cc1ccsc1. The molecule has 0 N–H and O–H groups in total. The minimum atomic E-state index is -4.34. The number of thiophene rings is 1. The second-order valence-electron chi connectivity index (χ2n) is 4.30. The highest BCUT2D eigenvalue weighted by molar-refractivity contribution is 7.07. The minimum Gasteiger partial charge on any atom is -0.332 e. The smallest absolute Gasteiger partial charge is 0.332 e. The van der Waals surface area contributed by atoms with E-state index in [1.54, 1.807) is 24.3 Å². The number of hydrogen-bond donors (Lipinski definition) is 0. The summed E-state index contributed by atoms with van der Waals surface area (Å²) < 4.78 is 40.6. The van der Waals surface area contributed by atoms with Crippen molar-refractivity contribution in [2.24, 2.45) is 0 Å². The fraction of sp³-hybridized carbons (Fsp3) is 0.143. The molecule has 0 aliphatic carbocycles. The molecule has 19 heavy (non-hydrogen) atoms. The number of para-hydroxylation sites is 1. The zero-order valence-corrected chi connectivity index (χ0v) is 10.6. The minimum absolute atomic E-state index is 0.242. The molecule has 0 aliphatic heterocycles. The fourth-order valence-corrected chi connectivity index (χ4v) is 2.84. The topological polar surface area (TPSA) is 4.93 Å². The first-order valence-corrected chi connectivity index (χ1v) is 6.66. The van der Waals surface area contributed by atoms with Crippen LogP contribution in [0, 0.1) is 0 Å². The molecule has 1 nitrogen and oxygen atoms in total. The molecule has 0 saturated heterocycles. The Hall–Kier alpha value is -1.75. The zero-order chi connectivity index (χ0) is 13.5. The van der Waals surface area contributed by atoms with Gasteiger partial charge < -0.3 is 4.57 Å². The normalized spacial score (nSPS) is 12.2. The lowest BCUT2D eigenvalue weighted by atomic mass is 10.2. The van der Waals surface area contributed by atoms with E-state index in [2.05, 4.69) is 0 Å². The molecule has 0 unspecified atom stereocenters. The summed E-state index contributed by atoms with van der Waals surface area (Å²) in [5, 5.41) is 4.36. The largest absolute Gasteiger partial charge is 0.431 e. The maximum absolute atomic E-state index is 13.1. The van der Waals surface area contributed by atoms with E-state index in [0.29, 0.717) is 10.9 Å². The first-order chi connectivity index (χ1) is 9.05. The number of benzene rings is 1. The van der Waals surface area contributed by atoms with Crippen LogP contribution < -0.4 is 0 Å². The van der Waals surface area contributed by atoms with E-state index >= 15 is 0 Å². The van der Waals surface area contributed by atoms with E-state index in [4.69, 9.17) is 0 Å². The van der Waals surface area contributed by atoms with Crippen molar-refractivity contribution in [2.45, 2.75) is 12.7 Å². The number of aromatic nitrogens is 1. The predicted octanol–water partition coefficient (Wildman–Crippen LogP) is 4.77. The highest BCUT2D eigenvalue weighted by Gasteiger charge is 2.35. The molecule has 0 aliphatic rings. The summed E-state index contributed by atoms with van der Waals surface area (Å²) in [7, 11) is 0. The Morgan fingerprint density at radius 1 is 1.11 bits per heavy atom. The van der Waals surface area contributed by atoms with Crippen molar-refractivity contribution in [1.82, 2.24) is 4.57 Å². The molecule has 1 aromatic carbocycles. The van der Waals surface area contributed by atoms with Crippen LogP contribution in [-0.4, -0.2) is 4.57 Å².